The highest BCUT2D eigenvalue weighted by molar-refractivity contribution is 6.07. The molecule has 4 aliphatic heterocycles. The van der Waals surface area contributed by atoms with E-state index >= 15 is 0 Å². The van der Waals surface area contributed by atoms with E-state index in [9.17, 15) is 25.1 Å². The van der Waals surface area contributed by atoms with Gasteiger partial charge >= 0.3 is 5.97 Å². The molecule has 11 heteroatoms. The lowest BCUT2D eigenvalue weighted by Gasteiger charge is -2.56. The van der Waals surface area contributed by atoms with Gasteiger partial charge in [0.25, 0.3) is 0 Å². The minimum absolute atomic E-state index is 0.00698. The summed E-state index contributed by atoms with van der Waals surface area (Å²) in [5, 5.41) is 33.1. The second-order valence-electron chi connectivity index (χ2n) is 10.4. The number of benzene rings is 2. The Balaban J connectivity index is 1.73. The number of fused-ring (bicyclic) bond motifs is 9. The Hall–Kier alpha value is -4.43. The number of carbonyl (C=O) groups excluding carboxylic acids is 2. The first-order valence-electron chi connectivity index (χ1n) is 13.0. The van der Waals surface area contributed by atoms with E-state index in [2.05, 4.69) is 6.07 Å². The van der Waals surface area contributed by atoms with E-state index in [-0.39, 0.29) is 40.7 Å². The summed E-state index contributed by atoms with van der Waals surface area (Å²) in [6.45, 7) is 6.61. The van der Waals surface area contributed by atoms with Crippen LogP contribution in [0.2, 0.25) is 0 Å². The zero-order chi connectivity index (χ0) is 28.8. The van der Waals surface area contributed by atoms with Gasteiger partial charge in [0, 0.05) is 40.4 Å². The van der Waals surface area contributed by atoms with Gasteiger partial charge < -0.3 is 34.1 Å². The number of esters is 1. The number of phenols is 2. The van der Waals surface area contributed by atoms with Crippen molar-refractivity contribution in [2.45, 2.75) is 58.3 Å². The van der Waals surface area contributed by atoms with Crippen LogP contribution in [0.25, 0.3) is 6.08 Å². The van der Waals surface area contributed by atoms with Gasteiger partial charge in [-0.05, 0) is 33.4 Å². The molecule has 1 fully saturated rings. The molecule has 2 bridgehead atoms. The maximum atomic E-state index is 14.0. The average molecular weight is 548 g/mol. The monoisotopic (exact) mass is 547 g/mol. The fourth-order valence-corrected chi connectivity index (χ4v) is 6.88. The minimum atomic E-state index is -0.938. The molecule has 2 aromatic carbocycles. The second-order valence-corrected chi connectivity index (χ2v) is 10.4. The highest BCUT2D eigenvalue weighted by atomic mass is 16.7. The molecule has 0 aliphatic carbocycles. The second kappa shape index (κ2) is 8.79. The molecule has 0 radical (unpaired) electrons. The number of phenolic OH excluding ortho intramolecular Hbond substituents is 2. The number of ketones is 1. The van der Waals surface area contributed by atoms with Gasteiger partial charge in [0.15, 0.2) is 28.8 Å². The lowest BCUT2D eigenvalue weighted by atomic mass is 9.74. The fraction of sp³-hybridized carbons (Fsp3) is 0.414. The topological polar surface area (TPSA) is 142 Å². The molecule has 4 heterocycles. The molecule has 0 amide bonds. The third-order valence-corrected chi connectivity index (χ3v) is 8.49. The van der Waals surface area contributed by atoms with E-state index in [1.807, 2.05) is 17.9 Å². The van der Waals surface area contributed by atoms with Crippen molar-refractivity contribution >= 4 is 17.8 Å². The third kappa shape index (κ3) is 3.08. The zero-order valence-corrected chi connectivity index (χ0v) is 23.0. The summed E-state index contributed by atoms with van der Waals surface area (Å²) in [5.41, 5.74) is 2.90. The number of aromatic hydroxyl groups is 2. The van der Waals surface area contributed by atoms with Crippen molar-refractivity contribution in [1.29, 1.82) is 5.26 Å². The van der Waals surface area contributed by atoms with Crippen LogP contribution in [0.5, 0.6) is 34.5 Å². The number of ether oxygens (including phenoxy) is 4. The van der Waals surface area contributed by atoms with Crippen LogP contribution in [-0.4, -0.2) is 64.8 Å². The van der Waals surface area contributed by atoms with Crippen LogP contribution in [0.15, 0.2) is 5.70 Å². The molecular weight excluding hydrogens is 518 g/mol. The Morgan fingerprint density at radius 2 is 1.85 bits per heavy atom. The number of piperazine rings is 1. The number of hydrogen-bond donors (Lipinski definition) is 2. The van der Waals surface area contributed by atoms with Crippen molar-refractivity contribution in [1.82, 2.24) is 9.80 Å². The summed E-state index contributed by atoms with van der Waals surface area (Å²) in [6.07, 6.45) is 2.33. The number of nitrogens with zero attached hydrogens (tertiary/aromatic N) is 3. The summed E-state index contributed by atoms with van der Waals surface area (Å²) >= 11 is 0. The van der Waals surface area contributed by atoms with Crippen LogP contribution < -0.4 is 18.9 Å². The van der Waals surface area contributed by atoms with Crippen molar-refractivity contribution < 1.29 is 38.7 Å². The molecular formula is C29H29N3O8. The van der Waals surface area contributed by atoms with E-state index in [1.165, 1.54) is 14.0 Å². The fourth-order valence-electron chi connectivity index (χ4n) is 6.88. The first-order chi connectivity index (χ1) is 19.1. The van der Waals surface area contributed by atoms with Gasteiger partial charge in [-0.25, -0.2) is 0 Å². The molecule has 4 atom stereocenters. The largest absolute Gasteiger partial charge is 0.507 e. The number of hydrogen-bond acceptors (Lipinski definition) is 11. The van der Waals surface area contributed by atoms with Crippen LogP contribution >= 0.6 is 0 Å². The van der Waals surface area contributed by atoms with Crippen molar-refractivity contribution in [3.63, 3.8) is 0 Å². The lowest BCUT2D eigenvalue weighted by Crippen LogP contribution is -2.64. The van der Waals surface area contributed by atoms with Crippen molar-refractivity contribution in [2.75, 3.05) is 21.0 Å². The molecule has 0 unspecified atom stereocenters. The quantitative estimate of drug-likeness (QED) is 0.330. The summed E-state index contributed by atoms with van der Waals surface area (Å²) in [7, 11) is 3.10. The van der Waals surface area contributed by atoms with Crippen molar-refractivity contribution in [3.8, 4) is 40.6 Å². The molecule has 1 saturated heterocycles. The maximum Gasteiger partial charge on any atom is 0.308 e. The van der Waals surface area contributed by atoms with Crippen LogP contribution in [0.1, 0.15) is 70.5 Å². The molecule has 6 rings (SSSR count). The first-order valence-corrected chi connectivity index (χ1v) is 13.0. The SMILES string of the molecule is CC[C@H]1c2c(c(OC(C)=O)c(C)c3c2OCO3)C=C2[C@H]3c4c(O)c(OC)c(C)c(O)c4C(=O)[C@@H]([C@H](C#N)N21)N3C. The molecule has 11 nitrogen and oxygen atoms in total. The van der Waals surface area contributed by atoms with Crippen LogP contribution in [0, 0.1) is 25.2 Å². The van der Waals surface area contributed by atoms with Gasteiger partial charge in [-0.3, -0.25) is 14.5 Å². The lowest BCUT2D eigenvalue weighted by molar-refractivity contribution is -0.131. The number of carbonyl (C=O) groups is 2. The van der Waals surface area contributed by atoms with E-state index in [0.29, 0.717) is 46.1 Å². The first kappa shape index (κ1) is 25.8. The van der Waals surface area contributed by atoms with E-state index in [1.54, 1.807) is 25.8 Å². The van der Waals surface area contributed by atoms with Gasteiger partial charge in [0.2, 0.25) is 6.79 Å². The van der Waals surface area contributed by atoms with Crippen molar-refractivity contribution in [2.24, 2.45) is 0 Å². The maximum absolute atomic E-state index is 14.0. The predicted molar refractivity (Wildman–Crippen MR) is 141 cm³/mol. The van der Waals surface area contributed by atoms with Gasteiger partial charge in [0.1, 0.15) is 23.6 Å². The Labute approximate surface area is 230 Å². The van der Waals surface area contributed by atoms with Gasteiger partial charge in [-0.15, -0.1) is 0 Å². The number of methoxy groups -OCH3 is 1. The number of nitriles is 1. The number of rotatable bonds is 3. The predicted octanol–water partition coefficient (Wildman–Crippen LogP) is 3.63. The summed E-state index contributed by atoms with van der Waals surface area (Å²) < 4.78 is 22.8. The summed E-state index contributed by atoms with van der Waals surface area (Å²) in [5.74, 6) is -0.156. The van der Waals surface area contributed by atoms with Gasteiger partial charge in [-0.1, -0.05) is 6.92 Å². The van der Waals surface area contributed by atoms with E-state index < -0.39 is 35.9 Å². The third-order valence-electron chi connectivity index (χ3n) is 8.49. The zero-order valence-electron chi connectivity index (χ0n) is 23.0. The molecule has 208 valence electrons. The van der Waals surface area contributed by atoms with E-state index in [0.717, 1.165) is 0 Å². The number of likely N-dealkylation sites (N-methyl/N-ethyl adjacent to an activating group) is 1. The normalized spacial score (nSPS) is 24.0. The highest BCUT2D eigenvalue weighted by Gasteiger charge is 2.57. The van der Waals surface area contributed by atoms with Gasteiger partial charge in [0.05, 0.1) is 30.8 Å². The smallest absolute Gasteiger partial charge is 0.308 e. The van der Waals surface area contributed by atoms with Crippen LogP contribution in [0.3, 0.4) is 0 Å². The minimum Gasteiger partial charge on any atom is -0.507 e. The molecule has 0 spiro atoms. The average Bonchev–Trinajstić information content (AvgIpc) is 3.41. The number of Topliss-reactive ketones (excluding diaryl/α,β-unsaturated/α-hetero) is 1. The van der Waals surface area contributed by atoms with Gasteiger partial charge in [-0.2, -0.15) is 5.26 Å². The highest BCUT2D eigenvalue weighted by Crippen LogP contribution is 2.60. The Morgan fingerprint density at radius 1 is 1.15 bits per heavy atom. The van der Waals surface area contributed by atoms with Crippen LogP contribution in [0.4, 0.5) is 0 Å². The Kier molecular flexibility index (Phi) is 5.68. The van der Waals surface area contributed by atoms with Crippen LogP contribution in [-0.2, 0) is 4.79 Å². The molecule has 2 aromatic rings. The standard InChI is InChI=1S/C29H29N3O8/c1-7-15-18-14(26(40-13(4)33)12(3)28-29(18)39-10-38-28)8-16-21-19-20(23(34)11(2)27(37-6)25(19)36)24(35)22(31(21)5)17(9-30)32(15)16/h8,15,17,21-22,34,36H,7,10H2,1-6H3/t15-,17-,21-,22+/m0/s1. The Morgan fingerprint density at radius 3 is 2.48 bits per heavy atom. The van der Waals surface area contributed by atoms with Crippen molar-refractivity contribution in [3.05, 3.63) is 39.1 Å². The Bertz CT molecular complexity index is 1590. The molecule has 0 aromatic heterocycles. The molecule has 0 saturated carbocycles. The molecule has 4 aliphatic rings. The summed E-state index contributed by atoms with van der Waals surface area (Å²) in [4.78, 5) is 29.9. The summed E-state index contributed by atoms with van der Waals surface area (Å²) in [6, 6.07) is -0.725. The molecule has 2 N–H and O–H groups in total. The van der Waals surface area contributed by atoms with E-state index in [4.69, 9.17) is 18.9 Å². The molecule has 40 heavy (non-hydrogen) atoms.